The Morgan fingerprint density at radius 1 is 0.861 bits per heavy atom. The molecule has 1 amide bonds. The lowest BCUT2D eigenvalue weighted by molar-refractivity contribution is -0.123. The van der Waals surface area contributed by atoms with E-state index in [1.54, 1.807) is 24.3 Å². The highest BCUT2D eigenvalue weighted by atomic mass is 16.5. The second-order valence-electron chi connectivity index (χ2n) is 7.72. The monoisotopic (exact) mass is 492 g/mol. The number of hydrogen-bond acceptors (Lipinski definition) is 8. The first-order chi connectivity index (χ1) is 17.3. The smallest absolute Gasteiger partial charge is 0.343 e. The maximum atomic E-state index is 12.6. The van der Waals surface area contributed by atoms with Gasteiger partial charge in [-0.05, 0) is 67.4 Å². The van der Waals surface area contributed by atoms with E-state index < -0.39 is 5.97 Å². The van der Waals surface area contributed by atoms with Gasteiger partial charge in [0.2, 0.25) is 5.75 Å². The number of nitrogens with zero attached hydrogens (tertiary/aromatic N) is 1. The summed E-state index contributed by atoms with van der Waals surface area (Å²) in [4.78, 5) is 24.6. The van der Waals surface area contributed by atoms with Gasteiger partial charge in [-0.3, -0.25) is 4.79 Å². The van der Waals surface area contributed by atoms with Crippen molar-refractivity contribution in [2.75, 3.05) is 27.9 Å². The van der Waals surface area contributed by atoms with Gasteiger partial charge >= 0.3 is 5.97 Å². The fourth-order valence-corrected chi connectivity index (χ4v) is 3.30. The molecular weight excluding hydrogens is 464 g/mol. The highest BCUT2D eigenvalue weighted by Gasteiger charge is 2.18. The van der Waals surface area contributed by atoms with Gasteiger partial charge in [0.1, 0.15) is 11.5 Å². The summed E-state index contributed by atoms with van der Waals surface area (Å²) < 4.78 is 26.8. The number of methoxy groups -OCH3 is 3. The van der Waals surface area contributed by atoms with Crippen molar-refractivity contribution in [3.8, 4) is 28.7 Å². The third kappa shape index (κ3) is 6.75. The highest BCUT2D eigenvalue weighted by Crippen LogP contribution is 2.38. The molecule has 0 aromatic heterocycles. The zero-order valence-corrected chi connectivity index (χ0v) is 20.8. The molecule has 0 unspecified atom stereocenters. The molecule has 3 aromatic carbocycles. The first-order valence-corrected chi connectivity index (χ1v) is 11.0. The molecule has 0 saturated carbocycles. The van der Waals surface area contributed by atoms with E-state index in [2.05, 4.69) is 10.5 Å². The van der Waals surface area contributed by atoms with E-state index in [0.717, 1.165) is 11.1 Å². The highest BCUT2D eigenvalue weighted by molar-refractivity contribution is 5.93. The minimum absolute atomic E-state index is 0.156. The van der Waals surface area contributed by atoms with Crippen LogP contribution in [0.25, 0.3) is 0 Å². The van der Waals surface area contributed by atoms with Crippen molar-refractivity contribution in [2.24, 2.45) is 5.10 Å². The summed E-state index contributed by atoms with van der Waals surface area (Å²) in [5, 5.41) is 3.93. The predicted molar refractivity (Wildman–Crippen MR) is 135 cm³/mol. The molecule has 0 spiro atoms. The lowest BCUT2D eigenvalue weighted by Crippen LogP contribution is -2.24. The summed E-state index contributed by atoms with van der Waals surface area (Å²) in [7, 11) is 4.41. The average Bonchev–Trinajstić information content (AvgIpc) is 2.88. The number of esters is 1. The van der Waals surface area contributed by atoms with Crippen molar-refractivity contribution in [1.29, 1.82) is 0 Å². The van der Waals surface area contributed by atoms with E-state index in [1.165, 1.54) is 39.7 Å². The maximum absolute atomic E-state index is 12.6. The standard InChI is InChI=1S/C27H28N2O7/c1-17-6-11-22(18(2)12-17)35-16-25(30)29-28-15-19-7-9-21(10-8-19)36-27(31)20-13-23(32-3)26(34-5)24(14-20)33-4/h6-15H,16H2,1-5H3,(H,29,30)/b28-15-. The van der Waals surface area contributed by atoms with Crippen molar-refractivity contribution in [3.05, 3.63) is 76.9 Å². The number of hydrazone groups is 1. The van der Waals surface area contributed by atoms with Crippen molar-refractivity contribution >= 4 is 18.1 Å². The van der Waals surface area contributed by atoms with Gasteiger partial charge in [-0.1, -0.05) is 17.7 Å². The Morgan fingerprint density at radius 2 is 1.53 bits per heavy atom. The molecule has 0 aliphatic heterocycles. The van der Waals surface area contributed by atoms with Crippen molar-refractivity contribution in [2.45, 2.75) is 13.8 Å². The Balaban J connectivity index is 1.54. The fourth-order valence-electron chi connectivity index (χ4n) is 3.30. The largest absolute Gasteiger partial charge is 0.493 e. The molecular formula is C27H28N2O7. The van der Waals surface area contributed by atoms with E-state index >= 15 is 0 Å². The van der Waals surface area contributed by atoms with Crippen LogP contribution in [0.2, 0.25) is 0 Å². The van der Waals surface area contributed by atoms with Gasteiger partial charge in [-0.15, -0.1) is 0 Å². The van der Waals surface area contributed by atoms with Crippen molar-refractivity contribution in [1.82, 2.24) is 5.43 Å². The lowest BCUT2D eigenvalue weighted by atomic mass is 10.1. The van der Waals surface area contributed by atoms with E-state index in [-0.39, 0.29) is 18.1 Å². The van der Waals surface area contributed by atoms with E-state index in [4.69, 9.17) is 23.7 Å². The molecule has 0 bridgehead atoms. The van der Waals surface area contributed by atoms with Gasteiger partial charge < -0.3 is 23.7 Å². The average molecular weight is 493 g/mol. The molecule has 0 atom stereocenters. The molecule has 188 valence electrons. The van der Waals surface area contributed by atoms with Crippen LogP contribution in [0.3, 0.4) is 0 Å². The van der Waals surface area contributed by atoms with Crippen LogP contribution in [0.15, 0.2) is 59.7 Å². The molecule has 9 heteroatoms. The Bertz CT molecular complexity index is 1230. The van der Waals surface area contributed by atoms with Gasteiger partial charge in [-0.2, -0.15) is 5.10 Å². The van der Waals surface area contributed by atoms with E-state index in [1.807, 2.05) is 32.0 Å². The maximum Gasteiger partial charge on any atom is 0.343 e. The Morgan fingerprint density at radius 3 is 2.11 bits per heavy atom. The van der Waals surface area contributed by atoms with Gasteiger partial charge in [-0.25, -0.2) is 10.2 Å². The van der Waals surface area contributed by atoms with Crippen molar-refractivity contribution < 1.29 is 33.3 Å². The number of carbonyl (C=O) groups excluding carboxylic acids is 2. The molecule has 9 nitrogen and oxygen atoms in total. The van der Waals surface area contributed by atoms with Crippen LogP contribution in [0.5, 0.6) is 28.7 Å². The molecule has 0 aliphatic rings. The normalized spacial score (nSPS) is 10.6. The Kier molecular flexibility index (Phi) is 8.88. The summed E-state index contributed by atoms with van der Waals surface area (Å²) in [5.74, 6) is 1.07. The van der Waals surface area contributed by atoms with Gasteiger partial charge in [0, 0.05) is 0 Å². The van der Waals surface area contributed by atoms with Crippen LogP contribution in [0, 0.1) is 13.8 Å². The molecule has 0 heterocycles. The van der Waals surface area contributed by atoms with Crippen LogP contribution in [-0.4, -0.2) is 46.0 Å². The zero-order valence-electron chi connectivity index (χ0n) is 20.8. The molecule has 3 rings (SSSR count). The molecule has 3 aromatic rings. The Hall–Kier alpha value is -4.53. The lowest BCUT2D eigenvalue weighted by Gasteiger charge is -2.13. The molecule has 0 aliphatic carbocycles. The van der Waals surface area contributed by atoms with Crippen LogP contribution in [-0.2, 0) is 4.79 Å². The summed E-state index contributed by atoms with van der Waals surface area (Å²) >= 11 is 0. The number of rotatable bonds is 10. The summed E-state index contributed by atoms with van der Waals surface area (Å²) in [6, 6.07) is 15.4. The molecule has 36 heavy (non-hydrogen) atoms. The summed E-state index contributed by atoms with van der Waals surface area (Å²) in [5.41, 5.74) is 5.42. The van der Waals surface area contributed by atoms with Crippen LogP contribution in [0.1, 0.15) is 27.0 Å². The minimum Gasteiger partial charge on any atom is -0.493 e. The van der Waals surface area contributed by atoms with Crippen molar-refractivity contribution in [3.63, 3.8) is 0 Å². The number of hydrogen-bond donors (Lipinski definition) is 1. The van der Waals surface area contributed by atoms with Crippen LogP contribution >= 0.6 is 0 Å². The minimum atomic E-state index is -0.591. The first kappa shape index (κ1) is 26.1. The predicted octanol–water partition coefficient (Wildman–Crippen LogP) is 4.08. The van der Waals surface area contributed by atoms with Crippen LogP contribution in [0.4, 0.5) is 0 Å². The molecule has 0 saturated heterocycles. The topological polar surface area (TPSA) is 105 Å². The summed E-state index contributed by atoms with van der Waals surface area (Å²) in [6.45, 7) is 3.76. The molecule has 1 N–H and O–H groups in total. The van der Waals surface area contributed by atoms with Gasteiger partial charge in [0.05, 0.1) is 33.1 Å². The first-order valence-electron chi connectivity index (χ1n) is 11.0. The molecule has 0 fully saturated rings. The van der Waals surface area contributed by atoms with E-state index in [9.17, 15) is 9.59 Å². The number of ether oxygens (including phenoxy) is 5. The van der Waals surface area contributed by atoms with E-state index in [0.29, 0.717) is 34.3 Å². The van der Waals surface area contributed by atoms with Crippen LogP contribution < -0.4 is 29.1 Å². The third-order valence-corrected chi connectivity index (χ3v) is 5.08. The second-order valence-corrected chi connectivity index (χ2v) is 7.72. The number of benzene rings is 3. The summed E-state index contributed by atoms with van der Waals surface area (Å²) in [6.07, 6.45) is 1.47. The quantitative estimate of drug-likeness (QED) is 0.197. The third-order valence-electron chi connectivity index (χ3n) is 5.08. The fraction of sp³-hybridized carbons (Fsp3) is 0.222. The Labute approximate surface area is 209 Å². The number of amides is 1. The zero-order chi connectivity index (χ0) is 26.1. The number of carbonyl (C=O) groups is 2. The molecule has 0 radical (unpaired) electrons. The SMILES string of the molecule is COc1cc(C(=O)Oc2ccc(/C=N\NC(=O)COc3ccc(C)cc3C)cc2)cc(OC)c1OC. The number of nitrogens with one attached hydrogen (secondary N) is 1. The van der Waals surface area contributed by atoms with Gasteiger partial charge in [0.15, 0.2) is 18.1 Å². The number of aryl methyl sites for hydroxylation is 2. The van der Waals surface area contributed by atoms with Gasteiger partial charge in [0.25, 0.3) is 5.91 Å². The second kappa shape index (κ2) is 12.3.